The molecule has 0 spiro atoms. The SMILES string of the molecule is CC(=O)Oc1cc(C(=O)NCC(F)(F)S(=O)(=O)[O-])ccc1I. The summed E-state index contributed by atoms with van der Waals surface area (Å²) in [6.07, 6.45) is 0. The zero-order chi connectivity index (χ0) is 17.1. The van der Waals surface area contributed by atoms with Gasteiger partial charge in [-0.05, 0) is 40.8 Å². The van der Waals surface area contributed by atoms with Crippen LogP contribution in [0, 0.1) is 3.57 Å². The summed E-state index contributed by atoms with van der Waals surface area (Å²) >= 11 is 1.83. The second kappa shape index (κ2) is 6.83. The number of rotatable bonds is 5. The predicted octanol–water partition coefficient (Wildman–Crippen LogP) is 1.08. The fraction of sp³-hybridized carbons (Fsp3) is 0.273. The number of alkyl halides is 2. The third-order valence-corrected chi connectivity index (χ3v) is 4.03. The maximum Gasteiger partial charge on any atom is 0.351 e. The standard InChI is InChI=1S/C11H10F2INO6S/c1-6(16)21-9-4-7(2-3-8(9)14)10(17)15-5-11(12,13)22(18,19)20/h2-4H,5H2,1H3,(H,15,17)(H,18,19,20)/p-1. The quantitative estimate of drug-likeness (QED) is 0.312. The Morgan fingerprint density at radius 3 is 2.50 bits per heavy atom. The maximum atomic E-state index is 12.9. The van der Waals surface area contributed by atoms with E-state index in [0.29, 0.717) is 3.57 Å². The van der Waals surface area contributed by atoms with Crippen LogP contribution in [0.25, 0.3) is 0 Å². The lowest BCUT2D eigenvalue weighted by Crippen LogP contribution is -2.42. The van der Waals surface area contributed by atoms with E-state index in [4.69, 9.17) is 4.74 Å². The van der Waals surface area contributed by atoms with Crippen LogP contribution >= 0.6 is 22.6 Å². The summed E-state index contributed by atoms with van der Waals surface area (Å²) in [7, 11) is -5.88. The Morgan fingerprint density at radius 1 is 1.41 bits per heavy atom. The molecule has 0 bridgehead atoms. The number of ether oxygens (including phenoxy) is 1. The summed E-state index contributed by atoms with van der Waals surface area (Å²) in [5.74, 6) is -1.64. The van der Waals surface area contributed by atoms with Crippen molar-refractivity contribution in [1.29, 1.82) is 0 Å². The van der Waals surface area contributed by atoms with Crippen LogP contribution in [-0.2, 0) is 14.9 Å². The van der Waals surface area contributed by atoms with Crippen LogP contribution in [0.4, 0.5) is 8.78 Å². The fourth-order valence-corrected chi connectivity index (χ4v) is 1.95. The van der Waals surface area contributed by atoms with Gasteiger partial charge in [0.15, 0.2) is 10.1 Å². The van der Waals surface area contributed by atoms with Gasteiger partial charge in [-0.3, -0.25) is 9.59 Å². The van der Waals surface area contributed by atoms with E-state index in [1.807, 2.05) is 22.6 Å². The lowest BCUT2D eigenvalue weighted by Gasteiger charge is -2.20. The normalized spacial score (nSPS) is 11.9. The molecule has 0 aliphatic carbocycles. The number of benzene rings is 1. The first-order valence-electron chi connectivity index (χ1n) is 5.53. The predicted molar refractivity (Wildman–Crippen MR) is 77.4 cm³/mol. The monoisotopic (exact) mass is 448 g/mol. The van der Waals surface area contributed by atoms with Crippen molar-refractivity contribution in [1.82, 2.24) is 5.32 Å². The molecule has 1 amide bonds. The number of hydrogen-bond acceptors (Lipinski definition) is 6. The minimum Gasteiger partial charge on any atom is -0.743 e. The molecule has 11 heteroatoms. The van der Waals surface area contributed by atoms with Gasteiger partial charge in [-0.15, -0.1) is 0 Å². The number of carbonyl (C=O) groups is 2. The van der Waals surface area contributed by atoms with Crippen LogP contribution in [0.5, 0.6) is 5.75 Å². The number of halogens is 3. The lowest BCUT2D eigenvalue weighted by atomic mass is 10.2. The van der Waals surface area contributed by atoms with E-state index < -0.39 is 33.8 Å². The van der Waals surface area contributed by atoms with Gasteiger partial charge >= 0.3 is 11.2 Å². The van der Waals surface area contributed by atoms with E-state index in [2.05, 4.69) is 0 Å². The molecule has 1 rings (SSSR count). The Bertz CT molecular complexity index is 707. The molecular formula is C11H9F2INO6S-. The third kappa shape index (κ3) is 4.84. The molecule has 22 heavy (non-hydrogen) atoms. The summed E-state index contributed by atoms with van der Waals surface area (Å²) in [5.41, 5.74) is -0.143. The summed E-state index contributed by atoms with van der Waals surface area (Å²) < 4.78 is 62.1. The van der Waals surface area contributed by atoms with Gasteiger partial charge in [0, 0.05) is 12.5 Å². The van der Waals surface area contributed by atoms with Gasteiger partial charge in [-0.25, -0.2) is 8.42 Å². The van der Waals surface area contributed by atoms with E-state index in [0.717, 1.165) is 13.0 Å². The van der Waals surface area contributed by atoms with Crippen molar-refractivity contribution in [2.45, 2.75) is 12.2 Å². The highest BCUT2D eigenvalue weighted by atomic mass is 127. The Labute approximate surface area is 137 Å². The minimum atomic E-state index is -5.88. The number of hydrogen-bond donors (Lipinski definition) is 1. The second-order valence-corrected chi connectivity index (χ2v) is 6.68. The molecule has 7 nitrogen and oxygen atoms in total. The van der Waals surface area contributed by atoms with Crippen molar-refractivity contribution >= 4 is 44.6 Å². The summed E-state index contributed by atoms with van der Waals surface area (Å²) in [5, 5.41) is -2.99. The Balaban J connectivity index is 2.89. The smallest absolute Gasteiger partial charge is 0.351 e. The van der Waals surface area contributed by atoms with E-state index >= 15 is 0 Å². The molecule has 0 saturated carbocycles. The van der Waals surface area contributed by atoms with Gasteiger partial charge < -0.3 is 14.6 Å². The highest BCUT2D eigenvalue weighted by molar-refractivity contribution is 14.1. The van der Waals surface area contributed by atoms with Crippen molar-refractivity contribution in [2.24, 2.45) is 0 Å². The fourth-order valence-electron chi connectivity index (χ4n) is 1.25. The first-order valence-corrected chi connectivity index (χ1v) is 8.02. The van der Waals surface area contributed by atoms with Gasteiger partial charge in [-0.1, -0.05) is 0 Å². The van der Waals surface area contributed by atoms with E-state index in [-0.39, 0.29) is 11.3 Å². The van der Waals surface area contributed by atoms with Crippen LogP contribution in [0.15, 0.2) is 18.2 Å². The lowest BCUT2D eigenvalue weighted by molar-refractivity contribution is -0.131. The Kier molecular flexibility index (Phi) is 5.81. The Morgan fingerprint density at radius 2 is 2.00 bits per heavy atom. The number of nitrogens with one attached hydrogen (secondary N) is 1. The summed E-state index contributed by atoms with van der Waals surface area (Å²) in [4.78, 5) is 22.6. The first-order chi connectivity index (χ1) is 9.94. The molecule has 0 aromatic heterocycles. The van der Waals surface area contributed by atoms with Crippen LogP contribution in [0.3, 0.4) is 0 Å². The molecule has 122 valence electrons. The number of esters is 1. The third-order valence-electron chi connectivity index (χ3n) is 2.27. The van der Waals surface area contributed by atoms with Crippen molar-refractivity contribution in [3.8, 4) is 5.75 Å². The maximum absolute atomic E-state index is 12.9. The average Bonchev–Trinajstić information content (AvgIpc) is 2.36. The number of amides is 1. The number of carbonyl (C=O) groups excluding carboxylic acids is 2. The zero-order valence-corrected chi connectivity index (χ0v) is 13.9. The van der Waals surface area contributed by atoms with Crippen LogP contribution in [0.2, 0.25) is 0 Å². The first kappa shape index (κ1) is 18.7. The molecule has 1 aromatic rings. The van der Waals surface area contributed by atoms with Crippen molar-refractivity contribution < 1.29 is 36.1 Å². The van der Waals surface area contributed by atoms with Crippen molar-refractivity contribution in [2.75, 3.05) is 6.54 Å². The second-order valence-electron chi connectivity index (χ2n) is 4.01. The van der Waals surface area contributed by atoms with Gasteiger partial charge in [0.25, 0.3) is 5.91 Å². The molecule has 0 atom stereocenters. The van der Waals surface area contributed by atoms with Gasteiger partial charge in [0.05, 0.1) is 10.1 Å². The van der Waals surface area contributed by atoms with Gasteiger partial charge in [0.2, 0.25) is 0 Å². The van der Waals surface area contributed by atoms with E-state index in [1.54, 1.807) is 5.32 Å². The highest BCUT2D eigenvalue weighted by Gasteiger charge is 2.37. The topological polar surface area (TPSA) is 113 Å². The molecule has 0 aliphatic rings. The zero-order valence-electron chi connectivity index (χ0n) is 10.9. The van der Waals surface area contributed by atoms with E-state index in [1.165, 1.54) is 12.1 Å². The molecule has 0 saturated heterocycles. The minimum absolute atomic E-state index is 0.0453. The molecule has 0 fully saturated rings. The molecule has 0 radical (unpaired) electrons. The molecule has 1 N–H and O–H groups in total. The van der Waals surface area contributed by atoms with Crippen LogP contribution in [-0.4, -0.2) is 36.6 Å². The highest BCUT2D eigenvalue weighted by Crippen LogP contribution is 2.23. The average molecular weight is 448 g/mol. The van der Waals surface area contributed by atoms with Gasteiger partial charge in [-0.2, -0.15) is 8.78 Å². The molecule has 0 aliphatic heterocycles. The van der Waals surface area contributed by atoms with Crippen LogP contribution in [0.1, 0.15) is 17.3 Å². The van der Waals surface area contributed by atoms with Crippen molar-refractivity contribution in [3.05, 3.63) is 27.3 Å². The molecule has 0 unspecified atom stereocenters. The van der Waals surface area contributed by atoms with Crippen LogP contribution < -0.4 is 10.1 Å². The van der Waals surface area contributed by atoms with Crippen molar-refractivity contribution in [3.63, 3.8) is 0 Å². The van der Waals surface area contributed by atoms with Gasteiger partial charge in [0.1, 0.15) is 5.75 Å². The largest absolute Gasteiger partial charge is 0.743 e. The van der Waals surface area contributed by atoms with E-state index in [9.17, 15) is 31.3 Å². The molecule has 1 aromatic carbocycles. The summed E-state index contributed by atoms with van der Waals surface area (Å²) in [6, 6.07) is 3.78. The molecular weight excluding hydrogens is 439 g/mol. The summed E-state index contributed by atoms with van der Waals surface area (Å²) in [6.45, 7) is -0.519. The molecule has 0 heterocycles. The Hall–Kier alpha value is -1.34.